The molecule has 5 nitrogen and oxygen atoms in total. The molecule has 1 amide bonds. The van der Waals surface area contributed by atoms with E-state index < -0.39 is 0 Å². The highest BCUT2D eigenvalue weighted by molar-refractivity contribution is 14.0. The lowest BCUT2D eigenvalue weighted by molar-refractivity contribution is -0.130. The zero-order chi connectivity index (χ0) is 18.9. The molecule has 1 aliphatic heterocycles. The van der Waals surface area contributed by atoms with Gasteiger partial charge in [0.05, 0.1) is 6.54 Å². The van der Waals surface area contributed by atoms with Gasteiger partial charge < -0.3 is 15.5 Å². The fourth-order valence-corrected chi connectivity index (χ4v) is 3.99. The van der Waals surface area contributed by atoms with Gasteiger partial charge in [-0.3, -0.25) is 4.79 Å². The third-order valence-electron chi connectivity index (χ3n) is 5.50. The van der Waals surface area contributed by atoms with Crippen molar-refractivity contribution in [3.8, 4) is 0 Å². The Morgan fingerprint density at radius 3 is 2.79 bits per heavy atom. The van der Waals surface area contributed by atoms with Gasteiger partial charge in [-0.15, -0.1) is 24.0 Å². The number of carbonyl (C=O) groups excluding carboxylic acids is 1. The molecule has 1 aromatic carbocycles. The van der Waals surface area contributed by atoms with Crippen molar-refractivity contribution in [2.45, 2.75) is 64.8 Å². The van der Waals surface area contributed by atoms with Gasteiger partial charge in [0.15, 0.2) is 5.96 Å². The lowest BCUT2D eigenvalue weighted by Crippen LogP contribution is -2.39. The van der Waals surface area contributed by atoms with Gasteiger partial charge in [0, 0.05) is 32.6 Å². The van der Waals surface area contributed by atoms with Gasteiger partial charge in [-0.1, -0.05) is 24.6 Å². The highest BCUT2D eigenvalue weighted by Gasteiger charge is 2.15. The van der Waals surface area contributed by atoms with Crippen LogP contribution >= 0.6 is 24.0 Å². The van der Waals surface area contributed by atoms with E-state index in [1.54, 1.807) is 0 Å². The fraction of sp³-hybridized carbons (Fsp3) is 0.636. The summed E-state index contributed by atoms with van der Waals surface area (Å²) in [5.41, 5.74) is 4.29. The number of aliphatic imine (C=N–C) groups is 1. The molecule has 3 rings (SSSR count). The molecule has 0 unspecified atom stereocenters. The van der Waals surface area contributed by atoms with Gasteiger partial charge in [-0.2, -0.15) is 0 Å². The zero-order valence-electron chi connectivity index (χ0n) is 17.1. The van der Waals surface area contributed by atoms with E-state index in [2.05, 4.69) is 35.8 Å². The smallest absolute Gasteiger partial charge is 0.222 e. The van der Waals surface area contributed by atoms with Crippen LogP contribution in [0.25, 0.3) is 0 Å². The van der Waals surface area contributed by atoms with E-state index >= 15 is 0 Å². The predicted molar refractivity (Wildman–Crippen MR) is 126 cm³/mol. The van der Waals surface area contributed by atoms with Crippen molar-refractivity contribution in [2.24, 2.45) is 4.99 Å². The van der Waals surface area contributed by atoms with Crippen molar-refractivity contribution in [1.82, 2.24) is 15.5 Å². The largest absolute Gasteiger partial charge is 0.357 e. The highest BCUT2D eigenvalue weighted by Crippen LogP contribution is 2.23. The summed E-state index contributed by atoms with van der Waals surface area (Å²) >= 11 is 0. The average Bonchev–Trinajstić information content (AvgIpc) is 3.05. The molecule has 6 heteroatoms. The summed E-state index contributed by atoms with van der Waals surface area (Å²) in [6.45, 7) is 6.23. The summed E-state index contributed by atoms with van der Waals surface area (Å²) in [5.74, 6) is 1.19. The molecule has 0 radical (unpaired) electrons. The Hall–Kier alpha value is -1.31. The molecule has 28 heavy (non-hydrogen) atoms. The van der Waals surface area contributed by atoms with Crippen molar-refractivity contribution < 1.29 is 4.79 Å². The van der Waals surface area contributed by atoms with Crippen molar-refractivity contribution in [1.29, 1.82) is 0 Å². The first-order valence-corrected chi connectivity index (χ1v) is 10.7. The first-order valence-electron chi connectivity index (χ1n) is 10.7. The third kappa shape index (κ3) is 6.94. The van der Waals surface area contributed by atoms with E-state index in [0.717, 1.165) is 57.8 Å². The molecule has 0 atom stereocenters. The van der Waals surface area contributed by atoms with Crippen LogP contribution in [0.3, 0.4) is 0 Å². The van der Waals surface area contributed by atoms with Crippen LogP contribution in [-0.4, -0.2) is 42.9 Å². The Morgan fingerprint density at radius 2 is 1.93 bits per heavy atom. The highest BCUT2D eigenvalue weighted by atomic mass is 127. The summed E-state index contributed by atoms with van der Waals surface area (Å²) < 4.78 is 0. The van der Waals surface area contributed by atoms with Crippen LogP contribution in [0.1, 0.15) is 62.1 Å². The molecular formula is C22H35IN4O. The molecule has 0 aromatic heterocycles. The number of hydrogen-bond acceptors (Lipinski definition) is 2. The number of halogens is 1. The Kier molecular flexibility index (Phi) is 10.1. The van der Waals surface area contributed by atoms with Crippen LogP contribution in [0.5, 0.6) is 0 Å². The predicted octanol–water partition coefficient (Wildman–Crippen LogP) is 3.64. The molecule has 0 spiro atoms. The van der Waals surface area contributed by atoms with Gasteiger partial charge in [0.1, 0.15) is 0 Å². The van der Waals surface area contributed by atoms with E-state index in [1.807, 2.05) is 4.90 Å². The second-order valence-electron chi connectivity index (χ2n) is 7.62. The Balaban J connectivity index is 0.00000280. The normalized spacial score (nSPS) is 17.0. The van der Waals surface area contributed by atoms with Gasteiger partial charge in [-0.05, 0) is 62.1 Å². The first-order chi connectivity index (χ1) is 13.3. The average molecular weight is 498 g/mol. The van der Waals surface area contributed by atoms with Gasteiger partial charge >= 0.3 is 0 Å². The monoisotopic (exact) mass is 498 g/mol. The summed E-state index contributed by atoms with van der Waals surface area (Å²) in [7, 11) is 0. The fourth-order valence-electron chi connectivity index (χ4n) is 3.99. The molecule has 0 saturated carbocycles. The number of benzene rings is 1. The molecule has 1 aliphatic carbocycles. The second-order valence-corrected chi connectivity index (χ2v) is 7.62. The Labute approximate surface area is 186 Å². The van der Waals surface area contributed by atoms with Crippen LogP contribution in [0, 0.1) is 0 Å². The standard InChI is InChI=1S/C22H34N4O.HI/c1-2-23-22(24-13-7-15-26-14-5-3-4-10-21(26)27)25-17-18-11-12-19-8-6-9-20(19)16-18;/h11-12,16H,2-10,13-15,17H2,1H3,(H2,23,24,25);1H. The first kappa shape index (κ1) is 23.0. The van der Waals surface area contributed by atoms with Crippen molar-refractivity contribution in [2.75, 3.05) is 26.2 Å². The molecule has 1 aromatic rings. The van der Waals surface area contributed by atoms with E-state index in [4.69, 9.17) is 4.99 Å². The van der Waals surface area contributed by atoms with Gasteiger partial charge in [0.2, 0.25) is 5.91 Å². The number of nitrogens with one attached hydrogen (secondary N) is 2. The molecule has 156 valence electrons. The second kappa shape index (κ2) is 12.3. The minimum atomic E-state index is 0. The SMILES string of the molecule is CCNC(=NCc1ccc2c(c1)CCC2)NCCCN1CCCCCC1=O.I. The molecule has 1 saturated heterocycles. The maximum absolute atomic E-state index is 12.1. The Morgan fingerprint density at radius 1 is 1.07 bits per heavy atom. The van der Waals surface area contributed by atoms with E-state index in [1.165, 1.54) is 42.4 Å². The summed E-state index contributed by atoms with van der Waals surface area (Å²) in [4.78, 5) is 18.8. The number of hydrogen-bond donors (Lipinski definition) is 2. The van der Waals surface area contributed by atoms with Crippen molar-refractivity contribution >= 4 is 35.8 Å². The quantitative estimate of drug-likeness (QED) is 0.261. The number of aryl methyl sites for hydroxylation is 2. The molecule has 0 bridgehead atoms. The maximum atomic E-state index is 12.1. The number of carbonyl (C=O) groups is 1. The summed E-state index contributed by atoms with van der Waals surface area (Å²) in [5, 5.41) is 6.73. The molecule has 2 aliphatic rings. The molecular weight excluding hydrogens is 463 g/mol. The molecule has 1 fully saturated rings. The topological polar surface area (TPSA) is 56.7 Å². The minimum absolute atomic E-state index is 0. The molecule has 1 heterocycles. The van der Waals surface area contributed by atoms with Crippen LogP contribution in [-0.2, 0) is 24.2 Å². The van der Waals surface area contributed by atoms with E-state index in [9.17, 15) is 4.79 Å². The lowest BCUT2D eigenvalue weighted by atomic mass is 10.1. The van der Waals surface area contributed by atoms with Crippen LogP contribution in [0.2, 0.25) is 0 Å². The number of likely N-dealkylation sites (tertiary alicyclic amines) is 1. The molecule has 2 N–H and O–H groups in total. The number of guanidine groups is 1. The minimum Gasteiger partial charge on any atom is -0.357 e. The van der Waals surface area contributed by atoms with E-state index in [-0.39, 0.29) is 24.0 Å². The van der Waals surface area contributed by atoms with Gasteiger partial charge in [-0.25, -0.2) is 4.99 Å². The van der Waals surface area contributed by atoms with Crippen molar-refractivity contribution in [3.05, 3.63) is 34.9 Å². The van der Waals surface area contributed by atoms with Crippen LogP contribution in [0.4, 0.5) is 0 Å². The van der Waals surface area contributed by atoms with Crippen molar-refractivity contribution in [3.63, 3.8) is 0 Å². The van der Waals surface area contributed by atoms with E-state index in [0.29, 0.717) is 12.5 Å². The number of fused-ring (bicyclic) bond motifs is 1. The summed E-state index contributed by atoms with van der Waals surface area (Å²) in [6.07, 6.45) is 8.76. The maximum Gasteiger partial charge on any atom is 0.222 e. The zero-order valence-corrected chi connectivity index (χ0v) is 19.5. The third-order valence-corrected chi connectivity index (χ3v) is 5.50. The Bertz CT molecular complexity index is 662. The van der Waals surface area contributed by atoms with Crippen LogP contribution in [0.15, 0.2) is 23.2 Å². The number of nitrogens with zero attached hydrogens (tertiary/aromatic N) is 2. The number of amides is 1. The van der Waals surface area contributed by atoms with Crippen LogP contribution < -0.4 is 10.6 Å². The lowest BCUT2D eigenvalue weighted by Gasteiger charge is -2.20. The summed E-state index contributed by atoms with van der Waals surface area (Å²) in [6, 6.07) is 6.80. The van der Waals surface area contributed by atoms with Gasteiger partial charge in [0.25, 0.3) is 0 Å². The number of rotatable bonds is 7.